The molecule has 0 aromatic heterocycles. The number of amides is 2. The van der Waals surface area contributed by atoms with Crippen LogP contribution in [0.3, 0.4) is 0 Å². The van der Waals surface area contributed by atoms with Crippen LogP contribution in [0.25, 0.3) is 0 Å². The van der Waals surface area contributed by atoms with E-state index in [-0.39, 0.29) is 19.6 Å². The van der Waals surface area contributed by atoms with Crippen molar-refractivity contribution in [3.8, 4) is 6.07 Å². The van der Waals surface area contributed by atoms with Crippen LogP contribution in [0.4, 0.5) is 4.79 Å². The molecule has 0 aliphatic carbocycles. The Labute approximate surface area is 168 Å². The van der Waals surface area contributed by atoms with Crippen LogP contribution in [0.5, 0.6) is 0 Å². The second-order valence-corrected chi connectivity index (χ2v) is 6.07. The molecule has 0 spiro atoms. The average Bonchev–Trinajstić information content (AvgIpc) is 2.76. The maximum absolute atomic E-state index is 12.1. The summed E-state index contributed by atoms with van der Waals surface area (Å²) in [5.41, 5.74) is 1.95. The molecule has 150 valence electrons. The Morgan fingerprint density at radius 3 is 2.48 bits per heavy atom. The van der Waals surface area contributed by atoms with Crippen LogP contribution in [0.15, 0.2) is 54.6 Å². The molecule has 8 nitrogen and oxygen atoms in total. The van der Waals surface area contributed by atoms with Gasteiger partial charge in [0.1, 0.15) is 19.2 Å². The number of nitrogens with zero attached hydrogens (tertiary/aromatic N) is 1. The minimum absolute atomic E-state index is 0.0777. The molecular formula is C21H21N3O5. The zero-order valence-electron chi connectivity index (χ0n) is 15.9. The van der Waals surface area contributed by atoms with Gasteiger partial charge in [-0.3, -0.25) is 4.79 Å². The number of nitriles is 1. The maximum atomic E-state index is 12.1. The van der Waals surface area contributed by atoms with E-state index in [1.807, 2.05) is 36.4 Å². The maximum Gasteiger partial charge on any atom is 0.407 e. The summed E-state index contributed by atoms with van der Waals surface area (Å²) in [6, 6.07) is 16.9. The van der Waals surface area contributed by atoms with Crippen molar-refractivity contribution in [2.75, 3.05) is 13.7 Å². The third-order valence-corrected chi connectivity index (χ3v) is 3.92. The quantitative estimate of drug-likeness (QED) is 0.657. The zero-order chi connectivity index (χ0) is 21.1. The van der Waals surface area contributed by atoms with Crippen LogP contribution in [0, 0.1) is 11.3 Å². The van der Waals surface area contributed by atoms with E-state index >= 15 is 0 Å². The first-order chi connectivity index (χ1) is 14.0. The highest BCUT2D eigenvalue weighted by molar-refractivity contribution is 5.87. The van der Waals surface area contributed by atoms with Gasteiger partial charge in [0.2, 0.25) is 5.91 Å². The number of carbonyl (C=O) groups excluding carboxylic acids is 3. The topological polar surface area (TPSA) is 118 Å². The van der Waals surface area contributed by atoms with Gasteiger partial charge in [-0.1, -0.05) is 42.5 Å². The van der Waals surface area contributed by atoms with E-state index in [0.717, 1.165) is 5.56 Å². The number of carbonyl (C=O) groups is 3. The highest BCUT2D eigenvalue weighted by Crippen LogP contribution is 2.08. The van der Waals surface area contributed by atoms with Crippen LogP contribution in [-0.2, 0) is 32.1 Å². The molecule has 0 fully saturated rings. The minimum atomic E-state index is -0.955. The van der Waals surface area contributed by atoms with E-state index in [4.69, 9.17) is 14.7 Å². The molecule has 0 aliphatic heterocycles. The number of ether oxygens (including phenoxy) is 2. The molecule has 0 bridgehead atoms. The van der Waals surface area contributed by atoms with E-state index in [1.165, 1.54) is 7.11 Å². The molecule has 2 amide bonds. The van der Waals surface area contributed by atoms with Gasteiger partial charge in [-0.05, 0) is 23.3 Å². The van der Waals surface area contributed by atoms with Crippen molar-refractivity contribution in [1.82, 2.24) is 10.6 Å². The molecule has 2 rings (SSSR count). The molecule has 8 heteroatoms. The highest BCUT2D eigenvalue weighted by Gasteiger charge is 2.22. The van der Waals surface area contributed by atoms with E-state index in [9.17, 15) is 14.4 Å². The molecule has 2 aromatic rings. The fourth-order valence-corrected chi connectivity index (χ4v) is 2.51. The Bertz CT molecular complexity index is 893. The van der Waals surface area contributed by atoms with Gasteiger partial charge in [0, 0.05) is 6.42 Å². The zero-order valence-corrected chi connectivity index (χ0v) is 15.9. The number of methoxy groups -OCH3 is 1. The summed E-state index contributed by atoms with van der Waals surface area (Å²) in [7, 11) is 1.21. The predicted octanol–water partition coefficient (Wildman–Crippen LogP) is 1.68. The summed E-state index contributed by atoms with van der Waals surface area (Å²) < 4.78 is 9.75. The summed E-state index contributed by atoms with van der Waals surface area (Å²) in [6.07, 6.45) is -0.604. The average molecular weight is 395 g/mol. The van der Waals surface area contributed by atoms with Crippen molar-refractivity contribution in [3.63, 3.8) is 0 Å². The smallest absolute Gasteiger partial charge is 0.407 e. The van der Waals surface area contributed by atoms with Crippen LogP contribution < -0.4 is 10.6 Å². The Morgan fingerprint density at radius 1 is 1.07 bits per heavy atom. The molecule has 0 aliphatic rings. The first-order valence-corrected chi connectivity index (χ1v) is 8.82. The SMILES string of the molecule is COC(=O)[C@@H](Cc1cccc(C#N)c1)NC(=O)CNC(=O)OCc1ccccc1. The molecule has 0 saturated carbocycles. The number of esters is 1. The first-order valence-electron chi connectivity index (χ1n) is 8.82. The highest BCUT2D eigenvalue weighted by atomic mass is 16.5. The van der Waals surface area contributed by atoms with Crippen LogP contribution in [0.1, 0.15) is 16.7 Å². The minimum Gasteiger partial charge on any atom is -0.467 e. The summed E-state index contributed by atoms with van der Waals surface area (Å²) in [5.74, 6) is -1.21. The Kier molecular flexibility index (Phi) is 8.20. The first kappa shape index (κ1) is 21.4. The molecule has 2 aromatic carbocycles. The molecule has 1 atom stereocenters. The van der Waals surface area contributed by atoms with Crippen LogP contribution >= 0.6 is 0 Å². The lowest BCUT2D eigenvalue weighted by atomic mass is 10.0. The van der Waals surface area contributed by atoms with Crippen LogP contribution in [0.2, 0.25) is 0 Å². The second kappa shape index (κ2) is 11.1. The van der Waals surface area contributed by atoms with Crippen LogP contribution in [-0.4, -0.2) is 37.7 Å². The monoisotopic (exact) mass is 395 g/mol. The lowest BCUT2D eigenvalue weighted by Gasteiger charge is -2.17. The molecule has 0 saturated heterocycles. The van der Waals surface area contributed by atoms with Gasteiger partial charge >= 0.3 is 12.1 Å². The second-order valence-electron chi connectivity index (χ2n) is 6.07. The van der Waals surface area contributed by atoms with E-state index in [2.05, 4.69) is 10.6 Å². The number of hydrogen-bond acceptors (Lipinski definition) is 6. The lowest BCUT2D eigenvalue weighted by molar-refractivity contribution is -0.144. The van der Waals surface area contributed by atoms with Gasteiger partial charge < -0.3 is 20.1 Å². The molecule has 2 N–H and O–H groups in total. The van der Waals surface area contributed by atoms with Crippen molar-refractivity contribution < 1.29 is 23.9 Å². The van der Waals surface area contributed by atoms with Gasteiger partial charge in [0.05, 0.1) is 18.7 Å². The Balaban J connectivity index is 1.85. The van der Waals surface area contributed by atoms with Gasteiger partial charge in [-0.15, -0.1) is 0 Å². The normalized spacial score (nSPS) is 10.9. The summed E-state index contributed by atoms with van der Waals surface area (Å²) in [5, 5.41) is 13.8. The lowest BCUT2D eigenvalue weighted by Crippen LogP contribution is -2.47. The summed E-state index contributed by atoms with van der Waals surface area (Å²) in [6.45, 7) is -0.284. The predicted molar refractivity (Wildman–Crippen MR) is 103 cm³/mol. The van der Waals surface area contributed by atoms with E-state index in [1.54, 1.807) is 24.3 Å². The number of benzene rings is 2. The summed E-state index contributed by atoms with van der Waals surface area (Å²) >= 11 is 0. The van der Waals surface area contributed by atoms with Crippen molar-refractivity contribution in [1.29, 1.82) is 5.26 Å². The molecule has 0 heterocycles. The Morgan fingerprint density at radius 2 is 1.79 bits per heavy atom. The van der Waals surface area contributed by atoms with E-state index < -0.39 is 24.0 Å². The molecular weight excluding hydrogens is 374 g/mol. The van der Waals surface area contributed by atoms with E-state index in [0.29, 0.717) is 11.1 Å². The molecule has 0 unspecified atom stereocenters. The van der Waals surface area contributed by atoms with Crippen molar-refractivity contribution >= 4 is 18.0 Å². The van der Waals surface area contributed by atoms with Crippen molar-refractivity contribution in [2.45, 2.75) is 19.1 Å². The van der Waals surface area contributed by atoms with Gasteiger partial charge in [0.15, 0.2) is 0 Å². The third kappa shape index (κ3) is 7.34. The number of rotatable bonds is 8. The van der Waals surface area contributed by atoms with Gasteiger partial charge in [-0.25, -0.2) is 9.59 Å². The number of nitrogens with one attached hydrogen (secondary N) is 2. The number of alkyl carbamates (subject to hydrolysis) is 1. The standard InChI is InChI=1S/C21H21N3O5/c1-28-20(26)18(11-16-8-5-9-17(10-16)12-22)24-19(25)13-23-21(27)29-14-15-6-3-2-4-7-15/h2-10,18H,11,13-14H2,1H3,(H,23,27)(H,24,25)/t18-/m1/s1. The fraction of sp³-hybridized carbons (Fsp3) is 0.238. The van der Waals surface area contributed by atoms with Crippen molar-refractivity contribution in [2.24, 2.45) is 0 Å². The largest absolute Gasteiger partial charge is 0.467 e. The fourth-order valence-electron chi connectivity index (χ4n) is 2.51. The van der Waals surface area contributed by atoms with Crippen molar-refractivity contribution in [3.05, 3.63) is 71.3 Å². The van der Waals surface area contributed by atoms with Gasteiger partial charge in [0.25, 0.3) is 0 Å². The molecule has 0 radical (unpaired) electrons. The Hall–Kier alpha value is -3.86. The third-order valence-electron chi connectivity index (χ3n) is 3.92. The van der Waals surface area contributed by atoms with Gasteiger partial charge in [-0.2, -0.15) is 5.26 Å². The molecule has 29 heavy (non-hydrogen) atoms. The number of hydrogen-bond donors (Lipinski definition) is 2. The summed E-state index contributed by atoms with van der Waals surface area (Å²) in [4.78, 5) is 35.8.